The number of rotatable bonds is 3. The van der Waals surface area contributed by atoms with Gasteiger partial charge in [0.15, 0.2) is 5.82 Å². The van der Waals surface area contributed by atoms with Crippen LogP contribution in [0.25, 0.3) is 0 Å². The molecule has 0 saturated carbocycles. The average Bonchev–Trinajstić information content (AvgIpc) is 2.64. The van der Waals surface area contributed by atoms with Crippen LogP contribution in [-0.2, 0) is 11.2 Å². The van der Waals surface area contributed by atoms with Crippen molar-refractivity contribution in [1.82, 2.24) is 10.2 Å². The largest absolute Gasteiger partial charge is 0.394 e. The Morgan fingerprint density at radius 2 is 2.35 bits per heavy atom. The summed E-state index contributed by atoms with van der Waals surface area (Å²) >= 11 is 5.83. The number of aromatic nitrogens is 2. The molecule has 0 fully saturated rings. The lowest BCUT2D eigenvalue weighted by atomic mass is 10.1. The monoisotopic (exact) mass is 250 g/mol. The molecule has 2 aromatic rings. The number of carbonyl (C=O) groups excluding carboxylic acids is 1. The number of benzene rings is 1. The van der Waals surface area contributed by atoms with Crippen LogP contribution in [0.4, 0.5) is 11.5 Å². The molecule has 0 spiro atoms. The standard InChI is InChI=1S/C11H11ClN4O/c12-8-3-1-2-7(4-8)5-10(17)15-11-9(13)6-14-16-11/h1-4,6H,5,13H2,(H2,14,15,16,17). The second-order valence-corrected chi connectivity index (χ2v) is 3.99. The number of nitrogens with zero attached hydrogens (tertiary/aromatic N) is 1. The van der Waals surface area contributed by atoms with E-state index < -0.39 is 0 Å². The summed E-state index contributed by atoms with van der Waals surface area (Å²) in [4.78, 5) is 11.7. The number of carbonyl (C=O) groups is 1. The first kappa shape index (κ1) is 11.5. The Kier molecular flexibility index (Phi) is 3.30. The van der Waals surface area contributed by atoms with Gasteiger partial charge in [-0.15, -0.1) is 0 Å². The number of hydrogen-bond donors (Lipinski definition) is 3. The highest BCUT2D eigenvalue weighted by Gasteiger charge is 2.07. The summed E-state index contributed by atoms with van der Waals surface area (Å²) in [6.45, 7) is 0. The molecule has 1 aromatic carbocycles. The minimum Gasteiger partial charge on any atom is -0.394 e. The molecule has 0 bridgehead atoms. The van der Waals surface area contributed by atoms with Crippen LogP contribution in [0.2, 0.25) is 5.02 Å². The van der Waals surface area contributed by atoms with Gasteiger partial charge in [-0.1, -0.05) is 23.7 Å². The van der Waals surface area contributed by atoms with Crippen LogP contribution < -0.4 is 11.1 Å². The highest BCUT2D eigenvalue weighted by atomic mass is 35.5. The van der Waals surface area contributed by atoms with E-state index in [1.165, 1.54) is 6.20 Å². The van der Waals surface area contributed by atoms with E-state index in [9.17, 15) is 4.79 Å². The summed E-state index contributed by atoms with van der Waals surface area (Å²) in [6, 6.07) is 7.14. The van der Waals surface area contributed by atoms with Gasteiger partial charge < -0.3 is 11.1 Å². The van der Waals surface area contributed by atoms with Gasteiger partial charge in [-0.3, -0.25) is 9.89 Å². The van der Waals surface area contributed by atoms with Crippen molar-refractivity contribution in [2.24, 2.45) is 0 Å². The quantitative estimate of drug-likeness (QED) is 0.777. The number of amides is 1. The van der Waals surface area contributed by atoms with E-state index >= 15 is 0 Å². The summed E-state index contributed by atoms with van der Waals surface area (Å²) in [6.07, 6.45) is 1.67. The number of nitrogen functional groups attached to an aromatic ring is 1. The summed E-state index contributed by atoms with van der Waals surface area (Å²) in [5.41, 5.74) is 6.82. The molecule has 1 amide bonds. The maximum atomic E-state index is 11.7. The Morgan fingerprint density at radius 3 is 3.00 bits per heavy atom. The van der Waals surface area contributed by atoms with Crippen LogP contribution in [0, 0.1) is 0 Å². The van der Waals surface area contributed by atoms with E-state index in [0.29, 0.717) is 16.5 Å². The Hall–Kier alpha value is -2.01. The lowest BCUT2D eigenvalue weighted by Gasteiger charge is -2.04. The van der Waals surface area contributed by atoms with E-state index in [1.807, 2.05) is 6.07 Å². The minimum atomic E-state index is -0.178. The topological polar surface area (TPSA) is 83.8 Å². The molecule has 1 heterocycles. The van der Waals surface area contributed by atoms with E-state index in [1.54, 1.807) is 18.2 Å². The number of nitrogens with two attached hydrogens (primary N) is 1. The van der Waals surface area contributed by atoms with Crippen LogP contribution in [0.15, 0.2) is 30.5 Å². The van der Waals surface area contributed by atoms with Crippen LogP contribution in [0.3, 0.4) is 0 Å². The van der Waals surface area contributed by atoms with Crippen molar-refractivity contribution in [3.8, 4) is 0 Å². The van der Waals surface area contributed by atoms with Crippen LogP contribution in [0.1, 0.15) is 5.56 Å². The highest BCUT2D eigenvalue weighted by Crippen LogP contribution is 2.14. The SMILES string of the molecule is Nc1cn[nH]c1NC(=O)Cc1cccc(Cl)c1. The number of anilines is 2. The lowest BCUT2D eigenvalue weighted by Crippen LogP contribution is -2.15. The third kappa shape index (κ3) is 2.98. The van der Waals surface area contributed by atoms with Gasteiger partial charge in [0, 0.05) is 5.02 Å². The maximum absolute atomic E-state index is 11.7. The predicted octanol–water partition coefficient (Wildman–Crippen LogP) is 1.83. The Morgan fingerprint density at radius 1 is 1.53 bits per heavy atom. The summed E-state index contributed by atoms with van der Waals surface area (Å²) in [5.74, 6) is 0.236. The van der Waals surface area contributed by atoms with Crippen molar-refractivity contribution in [3.63, 3.8) is 0 Å². The highest BCUT2D eigenvalue weighted by molar-refractivity contribution is 6.30. The van der Waals surface area contributed by atoms with Crippen molar-refractivity contribution in [2.75, 3.05) is 11.1 Å². The first-order valence-corrected chi connectivity index (χ1v) is 5.36. The van der Waals surface area contributed by atoms with Crippen molar-refractivity contribution in [3.05, 3.63) is 41.0 Å². The van der Waals surface area contributed by atoms with E-state index in [0.717, 1.165) is 5.56 Å². The molecule has 0 unspecified atom stereocenters. The minimum absolute atomic E-state index is 0.178. The van der Waals surface area contributed by atoms with Crippen LogP contribution >= 0.6 is 11.6 Å². The van der Waals surface area contributed by atoms with Gasteiger partial charge in [-0.2, -0.15) is 5.10 Å². The van der Waals surface area contributed by atoms with Gasteiger partial charge in [-0.25, -0.2) is 0 Å². The van der Waals surface area contributed by atoms with E-state index in [4.69, 9.17) is 17.3 Å². The molecule has 5 nitrogen and oxygen atoms in total. The summed E-state index contributed by atoms with van der Waals surface area (Å²) in [5, 5.41) is 9.55. The molecule has 4 N–H and O–H groups in total. The molecule has 0 atom stereocenters. The molecule has 2 rings (SSSR count). The van der Waals surface area contributed by atoms with Gasteiger partial charge >= 0.3 is 0 Å². The van der Waals surface area contributed by atoms with Gasteiger partial charge in [0.2, 0.25) is 5.91 Å². The Bertz CT molecular complexity index is 538. The Balaban J connectivity index is 2.01. The molecule has 0 saturated heterocycles. The van der Waals surface area contributed by atoms with Gasteiger partial charge in [0.25, 0.3) is 0 Å². The van der Waals surface area contributed by atoms with Gasteiger partial charge in [0.05, 0.1) is 18.3 Å². The molecule has 0 aliphatic heterocycles. The lowest BCUT2D eigenvalue weighted by molar-refractivity contribution is -0.115. The van der Waals surface area contributed by atoms with Crippen molar-refractivity contribution < 1.29 is 4.79 Å². The smallest absolute Gasteiger partial charge is 0.229 e. The number of aromatic amines is 1. The van der Waals surface area contributed by atoms with E-state index in [-0.39, 0.29) is 12.3 Å². The molecule has 1 aromatic heterocycles. The van der Waals surface area contributed by atoms with Crippen molar-refractivity contribution >= 4 is 29.0 Å². The number of H-pyrrole nitrogens is 1. The summed E-state index contributed by atoms with van der Waals surface area (Å²) < 4.78 is 0. The molecular weight excluding hydrogens is 240 g/mol. The normalized spacial score (nSPS) is 10.2. The van der Waals surface area contributed by atoms with Crippen molar-refractivity contribution in [2.45, 2.75) is 6.42 Å². The maximum Gasteiger partial charge on any atom is 0.229 e. The number of nitrogens with one attached hydrogen (secondary N) is 2. The molecule has 0 radical (unpaired) electrons. The second kappa shape index (κ2) is 4.88. The fourth-order valence-electron chi connectivity index (χ4n) is 1.41. The zero-order valence-electron chi connectivity index (χ0n) is 8.90. The van der Waals surface area contributed by atoms with Gasteiger partial charge in [0.1, 0.15) is 0 Å². The molecule has 0 aliphatic rings. The molecule has 17 heavy (non-hydrogen) atoms. The summed E-state index contributed by atoms with van der Waals surface area (Å²) in [7, 11) is 0. The fraction of sp³-hybridized carbons (Fsp3) is 0.0909. The Labute approximate surface area is 103 Å². The zero-order chi connectivity index (χ0) is 12.3. The van der Waals surface area contributed by atoms with Gasteiger partial charge in [-0.05, 0) is 17.7 Å². The fourth-order valence-corrected chi connectivity index (χ4v) is 1.62. The molecule has 88 valence electrons. The zero-order valence-corrected chi connectivity index (χ0v) is 9.66. The first-order valence-electron chi connectivity index (χ1n) is 4.98. The first-order chi connectivity index (χ1) is 8.15. The number of halogens is 1. The average molecular weight is 251 g/mol. The second-order valence-electron chi connectivity index (χ2n) is 3.56. The molecule has 6 heteroatoms. The third-order valence-electron chi connectivity index (χ3n) is 2.19. The number of hydrogen-bond acceptors (Lipinski definition) is 3. The van der Waals surface area contributed by atoms with E-state index in [2.05, 4.69) is 15.5 Å². The predicted molar refractivity (Wildman–Crippen MR) is 66.8 cm³/mol. The third-order valence-corrected chi connectivity index (χ3v) is 2.42. The van der Waals surface area contributed by atoms with Crippen LogP contribution in [0.5, 0.6) is 0 Å². The van der Waals surface area contributed by atoms with Crippen LogP contribution in [-0.4, -0.2) is 16.1 Å². The molecular formula is C11H11ClN4O. The van der Waals surface area contributed by atoms with Crippen molar-refractivity contribution in [1.29, 1.82) is 0 Å². The molecule has 0 aliphatic carbocycles.